The molecule has 0 saturated carbocycles. The molecule has 0 unspecified atom stereocenters. The van der Waals surface area contributed by atoms with Crippen LogP contribution in [0.15, 0.2) is 0 Å². The van der Waals surface area contributed by atoms with Gasteiger partial charge in [-0.15, -0.1) is 0 Å². The van der Waals surface area contributed by atoms with E-state index in [2.05, 4.69) is 25.7 Å². The van der Waals surface area contributed by atoms with Gasteiger partial charge < -0.3 is 19.5 Å². The van der Waals surface area contributed by atoms with Crippen molar-refractivity contribution >= 4 is 11.8 Å². The van der Waals surface area contributed by atoms with E-state index in [0.29, 0.717) is 12.2 Å². The summed E-state index contributed by atoms with van der Waals surface area (Å²) < 4.78 is 11.8. The number of aliphatic hydroxyl groups excluding tert-OH is 1. The maximum atomic E-state index is 12.7. The number of ether oxygens (including phenoxy) is 2. The van der Waals surface area contributed by atoms with Crippen molar-refractivity contribution in [3.05, 3.63) is 0 Å². The maximum absolute atomic E-state index is 12.7. The molecule has 0 radical (unpaired) electrons. The highest BCUT2D eigenvalue weighted by molar-refractivity contribution is 5.78. The summed E-state index contributed by atoms with van der Waals surface area (Å²) in [6.45, 7) is 11.5. The maximum Gasteiger partial charge on any atom is 0.306 e. The van der Waals surface area contributed by atoms with Gasteiger partial charge in [-0.1, -0.05) is 136 Å². The summed E-state index contributed by atoms with van der Waals surface area (Å²) in [6.07, 6.45) is 36.5. The number of rotatable bonds is 42. The van der Waals surface area contributed by atoms with Crippen LogP contribution < -0.4 is 0 Å². The predicted octanol–water partition coefficient (Wildman–Crippen LogP) is 12.3. The lowest BCUT2D eigenvalue weighted by atomic mass is 10.0. The van der Waals surface area contributed by atoms with Crippen molar-refractivity contribution in [2.24, 2.45) is 0 Å². The summed E-state index contributed by atoms with van der Waals surface area (Å²) in [7, 11) is 0. The van der Waals surface area contributed by atoms with Gasteiger partial charge in [0.05, 0.1) is 6.61 Å². The molecule has 1 N–H and O–H groups in total. The Bertz CT molecular complexity index is 686. The van der Waals surface area contributed by atoms with Crippen molar-refractivity contribution in [1.29, 1.82) is 0 Å². The van der Waals surface area contributed by atoms with Gasteiger partial charge >= 0.3 is 5.97 Å². The zero-order valence-electron chi connectivity index (χ0n) is 34.0. The largest absolute Gasteiger partial charge is 0.462 e. The lowest BCUT2D eigenvalue weighted by Gasteiger charge is -2.21. The van der Waals surface area contributed by atoms with Crippen molar-refractivity contribution in [2.75, 3.05) is 39.5 Å². The quantitative estimate of drug-likeness (QED) is 0.0502. The fourth-order valence-corrected chi connectivity index (χ4v) is 6.82. The average molecular weight is 710 g/mol. The first-order chi connectivity index (χ1) is 24.6. The third-order valence-corrected chi connectivity index (χ3v) is 10.1. The third kappa shape index (κ3) is 36.8. The lowest BCUT2D eigenvalue weighted by Crippen LogP contribution is -2.29. The van der Waals surface area contributed by atoms with Gasteiger partial charge in [0.1, 0.15) is 11.9 Å². The first-order valence-corrected chi connectivity index (χ1v) is 22.2. The Kier molecular flexibility index (Phi) is 40.0. The molecule has 6 heteroatoms. The zero-order valence-corrected chi connectivity index (χ0v) is 34.0. The number of carbonyl (C=O) groups is 2. The van der Waals surface area contributed by atoms with E-state index in [1.807, 2.05) is 0 Å². The van der Waals surface area contributed by atoms with Crippen LogP contribution in [0.4, 0.5) is 0 Å². The van der Waals surface area contributed by atoms with Gasteiger partial charge in [-0.25, -0.2) is 0 Å². The van der Waals surface area contributed by atoms with Crippen LogP contribution in [-0.4, -0.2) is 67.3 Å². The molecule has 0 fully saturated rings. The number of carbonyl (C=O) groups excluding carboxylic acids is 2. The number of aliphatic hydroxyl groups is 1. The summed E-state index contributed by atoms with van der Waals surface area (Å²) in [6, 6.07) is 0. The van der Waals surface area contributed by atoms with Crippen LogP contribution in [0.25, 0.3) is 0 Å². The second kappa shape index (κ2) is 40.8. The van der Waals surface area contributed by atoms with Crippen LogP contribution >= 0.6 is 0 Å². The monoisotopic (exact) mass is 710 g/mol. The van der Waals surface area contributed by atoms with E-state index in [1.54, 1.807) is 0 Å². The average Bonchev–Trinajstić information content (AvgIpc) is 3.11. The summed E-state index contributed by atoms with van der Waals surface area (Å²) in [5, 5.41) is 9.54. The molecule has 0 saturated heterocycles. The summed E-state index contributed by atoms with van der Waals surface area (Å²) >= 11 is 0. The molecule has 0 aliphatic rings. The molecule has 0 aromatic heterocycles. The van der Waals surface area contributed by atoms with Crippen molar-refractivity contribution in [2.45, 2.75) is 232 Å². The highest BCUT2D eigenvalue weighted by Crippen LogP contribution is 2.18. The second-order valence-corrected chi connectivity index (χ2v) is 15.1. The molecular weight excluding hydrogens is 622 g/mol. The summed E-state index contributed by atoms with van der Waals surface area (Å²) in [5.41, 5.74) is 0. The van der Waals surface area contributed by atoms with E-state index in [1.165, 1.54) is 116 Å². The molecule has 0 spiro atoms. The van der Waals surface area contributed by atoms with E-state index >= 15 is 0 Å². The molecule has 50 heavy (non-hydrogen) atoms. The van der Waals surface area contributed by atoms with Gasteiger partial charge in [0.15, 0.2) is 0 Å². The predicted molar refractivity (Wildman–Crippen MR) is 214 cm³/mol. The topological polar surface area (TPSA) is 76.1 Å². The molecule has 0 bridgehead atoms. The summed E-state index contributed by atoms with van der Waals surface area (Å²) in [5.74, 6) is 0.452. The van der Waals surface area contributed by atoms with Gasteiger partial charge in [0.2, 0.25) is 0 Å². The molecule has 0 rings (SSSR count). The van der Waals surface area contributed by atoms with Crippen LogP contribution in [0.1, 0.15) is 226 Å². The second-order valence-electron chi connectivity index (χ2n) is 15.1. The molecule has 0 aromatic carbocycles. The van der Waals surface area contributed by atoms with Crippen LogP contribution in [0, 0.1) is 0 Å². The number of esters is 1. The van der Waals surface area contributed by atoms with E-state index in [9.17, 15) is 14.7 Å². The van der Waals surface area contributed by atoms with E-state index in [4.69, 9.17) is 9.47 Å². The minimum absolute atomic E-state index is 0.0187. The first-order valence-electron chi connectivity index (χ1n) is 22.2. The lowest BCUT2D eigenvalue weighted by molar-refractivity contribution is -0.150. The Labute approximate surface area is 312 Å². The molecule has 0 atom stereocenters. The van der Waals surface area contributed by atoms with Gasteiger partial charge in [-0.05, 0) is 83.7 Å². The van der Waals surface area contributed by atoms with E-state index < -0.39 is 0 Å². The highest BCUT2D eigenvalue weighted by Gasteiger charge is 2.14. The van der Waals surface area contributed by atoms with E-state index in [0.717, 1.165) is 116 Å². The highest BCUT2D eigenvalue weighted by atomic mass is 16.5. The Morgan fingerprint density at radius 3 is 1.42 bits per heavy atom. The summed E-state index contributed by atoms with van der Waals surface area (Å²) in [4.78, 5) is 26.9. The molecule has 6 nitrogen and oxygen atoms in total. The third-order valence-electron chi connectivity index (χ3n) is 10.1. The Balaban J connectivity index is 3.90. The van der Waals surface area contributed by atoms with Gasteiger partial charge in [0.25, 0.3) is 0 Å². The molecule has 298 valence electrons. The smallest absolute Gasteiger partial charge is 0.306 e. The molecule has 0 aliphatic carbocycles. The molecular formula is C44H87NO5. The number of hydrogen-bond donors (Lipinski definition) is 1. The van der Waals surface area contributed by atoms with Crippen molar-refractivity contribution in [3.8, 4) is 0 Å². The number of Topliss-reactive ketones (excluding diaryl/α,β-unsaturated/α-hetero) is 1. The number of unbranched alkanes of at least 4 members (excludes halogenated alkanes) is 21. The normalized spacial score (nSPS) is 11.6. The van der Waals surface area contributed by atoms with Crippen LogP contribution in [0.5, 0.6) is 0 Å². The standard InChI is InChI=1S/C44H87NO5/c1-4-7-10-12-15-24-33-43(34-25-16-13-11-8-5-2)50-44(48)35-26-17-14-18-27-36-45(38-39-46)37-28-19-20-29-40-49-41-30-21-23-32-42(47)31-22-9-6-3/h43,46H,4-41H2,1-3H3. The molecule has 0 amide bonds. The fraction of sp³-hybridized carbons (Fsp3) is 0.955. The number of nitrogens with zero attached hydrogens (tertiary/aromatic N) is 1. The van der Waals surface area contributed by atoms with Crippen LogP contribution in [0.3, 0.4) is 0 Å². The number of hydrogen-bond acceptors (Lipinski definition) is 6. The van der Waals surface area contributed by atoms with Crippen molar-refractivity contribution < 1.29 is 24.2 Å². The van der Waals surface area contributed by atoms with Gasteiger partial charge in [-0.3, -0.25) is 9.59 Å². The van der Waals surface area contributed by atoms with E-state index in [-0.39, 0.29) is 18.7 Å². The van der Waals surface area contributed by atoms with Gasteiger partial charge in [0, 0.05) is 39.0 Å². The number of ketones is 1. The molecule has 0 aromatic rings. The first kappa shape index (κ1) is 49.0. The van der Waals surface area contributed by atoms with Crippen molar-refractivity contribution in [3.63, 3.8) is 0 Å². The van der Waals surface area contributed by atoms with Crippen LogP contribution in [0.2, 0.25) is 0 Å². The van der Waals surface area contributed by atoms with Crippen LogP contribution in [-0.2, 0) is 19.1 Å². The Morgan fingerprint density at radius 1 is 0.480 bits per heavy atom. The minimum atomic E-state index is 0.0187. The zero-order chi connectivity index (χ0) is 36.6. The van der Waals surface area contributed by atoms with Gasteiger partial charge in [-0.2, -0.15) is 0 Å². The Hall–Kier alpha value is -0.980. The SMILES string of the molecule is CCCCCCCCC(CCCCCCCC)OC(=O)CCCCCCCN(CCO)CCCCCCOCCCCCC(=O)CCCCC. The fourth-order valence-electron chi connectivity index (χ4n) is 6.82. The van der Waals surface area contributed by atoms with Crippen molar-refractivity contribution in [1.82, 2.24) is 4.90 Å². The minimum Gasteiger partial charge on any atom is -0.462 e. The Morgan fingerprint density at radius 2 is 0.880 bits per heavy atom. The molecule has 0 heterocycles. The molecule has 0 aliphatic heterocycles.